The Kier molecular flexibility index (Phi) is 27.5. The number of aryl methyl sites for hydroxylation is 1. The summed E-state index contributed by atoms with van der Waals surface area (Å²) in [6.07, 6.45) is 1.98. The molecule has 2 saturated heterocycles. The van der Waals surface area contributed by atoms with Gasteiger partial charge in [-0.05, 0) is 114 Å². The van der Waals surface area contributed by atoms with Crippen LogP contribution in [0.2, 0.25) is 10.0 Å². The maximum absolute atomic E-state index is 14.5. The number of rotatable bonds is 26. The van der Waals surface area contributed by atoms with Gasteiger partial charge >= 0.3 is 24.1 Å². The van der Waals surface area contributed by atoms with Gasteiger partial charge in [0.1, 0.15) is 35.7 Å². The topological polar surface area (TPSA) is 292 Å². The van der Waals surface area contributed by atoms with Crippen LogP contribution in [0.5, 0.6) is 0 Å². The number of urea groups is 1. The number of nitrogens with zero attached hydrogens (tertiary/aromatic N) is 2. The third-order valence-corrected chi connectivity index (χ3v) is 19.1. The smallest absolute Gasteiger partial charge is 0.409 e. The third kappa shape index (κ3) is 19.8. The van der Waals surface area contributed by atoms with E-state index in [-0.39, 0.29) is 85.3 Å². The number of methoxy groups -OCH3 is 1. The number of benzene rings is 2. The first kappa shape index (κ1) is 73.3. The van der Waals surface area contributed by atoms with Crippen LogP contribution in [-0.2, 0) is 65.3 Å². The first-order chi connectivity index (χ1) is 41.4. The maximum Gasteiger partial charge on any atom is 0.409 e. The largest absolute Gasteiger partial charge is 0.462 e. The van der Waals surface area contributed by atoms with Gasteiger partial charge in [-0.2, -0.15) is 0 Å². The van der Waals surface area contributed by atoms with Gasteiger partial charge in [0.25, 0.3) is 5.91 Å². The van der Waals surface area contributed by atoms with Crippen molar-refractivity contribution in [3.63, 3.8) is 0 Å². The number of fused-ring (bicyclic) bond motifs is 5. The number of hydrogen-bond acceptors (Lipinski definition) is 15. The fourth-order valence-corrected chi connectivity index (χ4v) is 13.1. The highest BCUT2D eigenvalue weighted by Gasteiger charge is 2.64. The van der Waals surface area contributed by atoms with Crippen LogP contribution in [0.25, 0.3) is 0 Å². The van der Waals surface area contributed by atoms with Gasteiger partial charge in [0.15, 0.2) is 11.5 Å². The van der Waals surface area contributed by atoms with Gasteiger partial charge in [-0.1, -0.05) is 112 Å². The minimum absolute atomic E-state index is 0.0172. The number of epoxide rings is 1. The summed E-state index contributed by atoms with van der Waals surface area (Å²) in [5.74, 6) is -5.37. The van der Waals surface area contributed by atoms with Crippen LogP contribution in [0.15, 0.2) is 54.1 Å². The molecule has 0 aromatic heterocycles. The summed E-state index contributed by atoms with van der Waals surface area (Å²) in [5, 5.41) is 21.0. The molecule has 6 amide bonds. The average Bonchev–Trinajstić information content (AvgIpc) is 1.78. The van der Waals surface area contributed by atoms with E-state index in [0.717, 1.165) is 21.6 Å². The van der Waals surface area contributed by atoms with E-state index in [2.05, 4.69) is 47.8 Å². The number of carbonyl (C=O) groups is 9. The molecule has 0 saturated carbocycles. The number of halogens is 4. The highest BCUT2D eigenvalue weighted by Crippen LogP contribution is 2.49. The molecule has 3 heterocycles. The molecule has 4 bridgehead atoms. The number of likely N-dealkylation sites (N-methyl/N-ethyl adjacent to an activating group) is 1. The number of Topliss-reactive ketones (excluding diaryl/α,β-unsaturated/α-hetero) is 2. The zero-order valence-electron chi connectivity index (χ0n) is 52.0. The predicted octanol–water partition coefficient (Wildman–Crippen LogP) is 8.96. The lowest BCUT2D eigenvalue weighted by atomic mass is 9.83. The monoisotopic (exact) mass is 1390 g/mol. The molecule has 2 aromatic rings. The van der Waals surface area contributed by atoms with Gasteiger partial charge in [0.05, 0.1) is 51.9 Å². The van der Waals surface area contributed by atoms with Gasteiger partial charge in [-0.3, -0.25) is 34.1 Å². The van der Waals surface area contributed by atoms with Crippen LogP contribution in [0.4, 0.5) is 15.3 Å². The van der Waals surface area contributed by atoms with Crippen molar-refractivity contribution in [2.24, 2.45) is 29.4 Å². The van der Waals surface area contributed by atoms with Gasteiger partial charge in [-0.15, -0.1) is 0 Å². The van der Waals surface area contributed by atoms with Crippen molar-refractivity contribution in [2.45, 2.75) is 180 Å². The van der Waals surface area contributed by atoms with E-state index in [9.17, 15) is 48.3 Å². The summed E-state index contributed by atoms with van der Waals surface area (Å²) < 4.78 is 29.5. The normalized spacial score (nSPS) is 24.5. The molecule has 88 heavy (non-hydrogen) atoms. The Balaban J connectivity index is 1.31. The molecular weight excluding hydrogens is 1310 g/mol. The molecule has 2 aromatic carbocycles. The molecule has 2 fully saturated rings. The van der Waals surface area contributed by atoms with Gasteiger partial charge in [0, 0.05) is 75.9 Å². The Morgan fingerprint density at radius 2 is 1.68 bits per heavy atom. The number of ether oxygens (including phenoxy) is 5. The number of ketones is 2. The Morgan fingerprint density at radius 1 is 0.989 bits per heavy atom. The highest BCUT2D eigenvalue weighted by molar-refractivity contribution is 9.09. The summed E-state index contributed by atoms with van der Waals surface area (Å²) in [4.78, 5) is 124. The molecule has 3 aliphatic rings. The Labute approximate surface area is 542 Å². The molecule has 6 N–H and O–H groups in total. The SMILES string of the molecule is CO[C@@H]1/C=C/C=C(\C)Cc2cc(C)c(Cl)c(c2)N(C)C(=O)C[C@H](OC(=O)[C@H](C)N(C)C(=O)c2ccc(CC(=O)[C@H](CCCNC(N)=O)NC(=O)[C@@H](CC(=O)CCCCC(C)OC(=O)C(CBr)CBr)C(C)C)cc2Cl)[C@]2(C)O[C@H]2[C@H](C)[C@@H]2C[C@@]1(O)NC(=O)O2. The molecule has 0 aliphatic carbocycles. The number of hydrogen-bond donors (Lipinski definition) is 5. The predicted molar refractivity (Wildman–Crippen MR) is 340 cm³/mol. The fraction of sp³-hybridized carbons (Fsp3) is 0.603. The van der Waals surface area contributed by atoms with Crippen molar-refractivity contribution in [3.8, 4) is 0 Å². The number of amides is 6. The molecule has 21 nitrogen and oxygen atoms in total. The van der Waals surface area contributed by atoms with Crippen LogP contribution in [0.1, 0.15) is 133 Å². The molecule has 3 aliphatic heterocycles. The fourth-order valence-electron chi connectivity index (χ4n) is 10.9. The molecule has 1 unspecified atom stereocenters. The summed E-state index contributed by atoms with van der Waals surface area (Å²) in [6, 6.07) is 5.02. The third-order valence-electron chi connectivity index (χ3n) is 16.7. The van der Waals surface area contributed by atoms with E-state index < -0.39 is 108 Å². The van der Waals surface area contributed by atoms with Crippen LogP contribution >= 0.6 is 55.1 Å². The molecule has 25 heteroatoms. The zero-order chi connectivity index (χ0) is 65.5. The second-order valence-electron chi connectivity index (χ2n) is 24.0. The highest BCUT2D eigenvalue weighted by atomic mass is 79.9. The molecule has 486 valence electrons. The van der Waals surface area contributed by atoms with Crippen LogP contribution in [0, 0.1) is 30.6 Å². The van der Waals surface area contributed by atoms with E-state index in [0.29, 0.717) is 52.6 Å². The minimum atomic E-state index is -1.90. The second-order valence-corrected chi connectivity index (χ2v) is 26.1. The lowest BCUT2D eigenvalue weighted by Gasteiger charge is -2.42. The lowest BCUT2D eigenvalue weighted by molar-refractivity contribution is -0.158. The van der Waals surface area contributed by atoms with Crippen LogP contribution in [0.3, 0.4) is 0 Å². The van der Waals surface area contributed by atoms with Crippen molar-refractivity contribution >= 4 is 114 Å². The van der Waals surface area contributed by atoms with Crippen molar-refractivity contribution in [3.05, 3.63) is 86.4 Å². The molecule has 5 rings (SSSR count). The lowest BCUT2D eigenvalue weighted by Crippen LogP contribution is -2.63. The number of nitrogens with two attached hydrogens (primary N) is 1. The number of carbonyl (C=O) groups excluding carboxylic acids is 9. The van der Waals surface area contributed by atoms with Crippen molar-refractivity contribution in [1.29, 1.82) is 0 Å². The van der Waals surface area contributed by atoms with Crippen molar-refractivity contribution in [2.75, 3.05) is 43.3 Å². The van der Waals surface area contributed by atoms with E-state index >= 15 is 0 Å². The van der Waals surface area contributed by atoms with E-state index in [4.69, 9.17) is 52.6 Å². The zero-order valence-corrected chi connectivity index (χ0v) is 56.7. The number of allylic oxidation sites excluding steroid dienone is 3. The average molecular weight is 1400 g/mol. The van der Waals surface area contributed by atoms with Gasteiger partial charge in [-0.25, -0.2) is 14.4 Å². The first-order valence-electron chi connectivity index (χ1n) is 29.7. The first-order valence-corrected chi connectivity index (χ1v) is 32.7. The quantitative estimate of drug-likeness (QED) is 0.0193. The number of alkyl halides is 2. The Morgan fingerprint density at radius 3 is 2.32 bits per heavy atom. The minimum Gasteiger partial charge on any atom is -0.462 e. The summed E-state index contributed by atoms with van der Waals surface area (Å²) in [5.41, 5.74) is 5.31. The standard InChI is InChI=1S/C63H86Br2Cl2N6O15/c1-34(2)45(29-43(74)18-13-12-17-37(5)85-59(80)42(32-64)33-65)56(77)70-47(19-15-23-69-60(68)81)49(75)28-40-21-22-44(46(66)26-40)57(78)72(9)39(7)58(79)87-52-30-53(76)73(10)48-27-41(25-36(4)54(48)67)24-35(3)16-14-20-51(84-11)63(83)31-50(86-61(82)71-63)38(6)55-62(52,8)88-55/h14,16,20-22,25-27,34,37-39,42,45,47,50-52,55,83H,12-13,15,17-19,23-24,28-33H2,1-11H3,(H,70,77)(H,71,82)(H3,68,69,81)/b20-14+,35-16+/t37?,38-,39+,45+,47+,50+,51-,52+,55+,62+,63+/m1/s1. The summed E-state index contributed by atoms with van der Waals surface area (Å²) in [6.45, 7) is 14.2. The molecular formula is C63H86Br2Cl2N6O15. The molecule has 0 spiro atoms. The Hall–Kier alpha value is -5.43. The molecule has 11 atom stereocenters. The van der Waals surface area contributed by atoms with E-state index in [1.165, 1.54) is 44.2 Å². The van der Waals surface area contributed by atoms with E-state index in [1.807, 2.05) is 45.9 Å². The number of anilines is 1. The number of aliphatic hydroxyl groups is 1. The van der Waals surface area contributed by atoms with Crippen molar-refractivity contribution in [1.82, 2.24) is 20.9 Å². The number of primary amides is 1. The maximum atomic E-state index is 14.5. The number of alkyl carbamates (subject to hydrolysis) is 1. The number of nitrogens with one attached hydrogen (secondary N) is 3. The Bertz CT molecular complexity index is 2950. The summed E-state index contributed by atoms with van der Waals surface area (Å²) in [7, 11) is 4.36. The number of unbranched alkanes of at least 4 members (excludes halogenated alkanes) is 1. The molecule has 0 radical (unpaired) electrons. The van der Waals surface area contributed by atoms with E-state index in [1.54, 1.807) is 40.0 Å². The number of esters is 2. The second kappa shape index (κ2) is 33.1. The van der Waals surface area contributed by atoms with Gasteiger partial charge in [0.2, 0.25) is 11.8 Å². The van der Waals surface area contributed by atoms with Gasteiger partial charge < -0.3 is 55.0 Å². The van der Waals surface area contributed by atoms with Crippen LogP contribution < -0.4 is 26.6 Å². The van der Waals surface area contributed by atoms with Crippen LogP contribution in [-0.4, -0.2) is 156 Å². The van der Waals surface area contributed by atoms with Crippen molar-refractivity contribution < 1.29 is 71.9 Å². The summed E-state index contributed by atoms with van der Waals surface area (Å²) >= 11 is 20.3.